The van der Waals surface area contributed by atoms with Crippen LogP contribution in [0.5, 0.6) is 0 Å². The zero-order chi connectivity index (χ0) is 15.9. The van der Waals surface area contributed by atoms with E-state index in [1.54, 1.807) is 13.0 Å². The molecular formula is C16H16FNO3S. The van der Waals surface area contributed by atoms with Gasteiger partial charge in [0.05, 0.1) is 4.88 Å². The number of carboxylic acids is 1. The summed E-state index contributed by atoms with van der Waals surface area (Å²) in [6, 6.07) is 3.53. The van der Waals surface area contributed by atoms with Crippen molar-refractivity contribution in [3.63, 3.8) is 0 Å². The Hall–Kier alpha value is -1.95. The standard InChI is InChI=1S/C16H16FNO3S/c1-8-11-5-4-10(17)7-13(11)22-14(8)15(19)18-12(16(20)21)6-9-2-3-9/h4-5,7,9,12H,2-3,6H2,1H3,(H,18,19)(H,20,21). The van der Waals surface area contributed by atoms with Crippen molar-refractivity contribution in [3.05, 3.63) is 34.5 Å². The number of rotatable bonds is 5. The Balaban J connectivity index is 1.84. The summed E-state index contributed by atoms with van der Waals surface area (Å²) in [6.45, 7) is 1.79. The van der Waals surface area contributed by atoms with Crippen LogP contribution in [0.3, 0.4) is 0 Å². The highest BCUT2D eigenvalue weighted by molar-refractivity contribution is 7.21. The molecule has 1 aliphatic carbocycles. The van der Waals surface area contributed by atoms with Crippen molar-refractivity contribution >= 4 is 33.3 Å². The number of thiophene rings is 1. The Morgan fingerprint density at radius 2 is 2.18 bits per heavy atom. The quantitative estimate of drug-likeness (QED) is 0.887. The molecule has 1 atom stereocenters. The van der Waals surface area contributed by atoms with Gasteiger partial charge >= 0.3 is 5.97 Å². The van der Waals surface area contributed by atoms with E-state index in [9.17, 15) is 19.1 Å². The minimum atomic E-state index is -1.01. The normalized spacial score (nSPS) is 15.7. The van der Waals surface area contributed by atoms with Crippen LogP contribution in [0, 0.1) is 18.7 Å². The lowest BCUT2D eigenvalue weighted by Crippen LogP contribution is -2.41. The van der Waals surface area contributed by atoms with Crippen molar-refractivity contribution in [1.82, 2.24) is 5.32 Å². The summed E-state index contributed by atoms with van der Waals surface area (Å²) in [7, 11) is 0. The SMILES string of the molecule is Cc1c(C(=O)NC(CC2CC2)C(=O)O)sc2cc(F)ccc12. The number of amides is 1. The van der Waals surface area contributed by atoms with E-state index in [-0.39, 0.29) is 5.82 Å². The lowest BCUT2D eigenvalue weighted by molar-refractivity contribution is -0.139. The van der Waals surface area contributed by atoms with Gasteiger partial charge in [-0.05, 0) is 42.3 Å². The summed E-state index contributed by atoms with van der Waals surface area (Å²) < 4.78 is 14.0. The molecule has 2 aromatic rings. The number of benzene rings is 1. The second-order valence-corrected chi connectivity index (χ2v) is 6.79. The van der Waals surface area contributed by atoms with Gasteiger partial charge in [-0.2, -0.15) is 0 Å². The monoisotopic (exact) mass is 321 g/mol. The number of carboxylic acid groups (broad SMARTS) is 1. The van der Waals surface area contributed by atoms with Crippen molar-refractivity contribution < 1.29 is 19.1 Å². The van der Waals surface area contributed by atoms with Gasteiger partial charge in [-0.25, -0.2) is 9.18 Å². The second kappa shape index (κ2) is 5.68. The van der Waals surface area contributed by atoms with Gasteiger partial charge in [-0.15, -0.1) is 11.3 Å². The van der Waals surface area contributed by atoms with Gasteiger partial charge in [0, 0.05) is 4.70 Å². The van der Waals surface area contributed by atoms with E-state index < -0.39 is 17.9 Å². The average molecular weight is 321 g/mol. The van der Waals surface area contributed by atoms with Crippen LogP contribution < -0.4 is 5.32 Å². The topological polar surface area (TPSA) is 66.4 Å². The van der Waals surface area contributed by atoms with Gasteiger partial charge in [0.25, 0.3) is 5.91 Å². The molecule has 0 radical (unpaired) electrons. The minimum absolute atomic E-state index is 0.349. The zero-order valence-corrected chi connectivity index (χ0v) is 12.9. The first kappa shape index (κ1) is 15.0. The third kappa shape index (κ3) is 2.97. The Morgan fingerprint density at radius 3 is 2.82 bits per heavy atom. The molecule has 1 unspecified atom stereocenters. The number of fused-ring (bicyclic) bond motifs is 1. The average Bonchev–Trinajstić information content (AvgIpc) is 3.21. The molecule has 2 N–H and O–H groups in total. The zero-order valence-electron chi connectivity index (χ0n) is 12.1. The van der Waals surface area contributed by atoms with Crippen molar-refractivity contribution in [2.24, 2.45) is 5.92 Å². The molecule has 0 spiro atoms. The van der Waals surface area contributed by atoms with Crippen molar-refractivity contribution in [2.45, 2.75) is 32.2 Å². The van der Waals surface area contributed by atoms with E-state index in [1.807, 2.05) is 0 Å². The highest BCUT2D eigenvalue weighted by Gasteiger charge is 2.31. The van der Waals surface area contributed by atoms with Crippen LogP contribution in [0.1, 0.15) is 34.5 Å². The first-order valence-electron chi connectivity index (χ1n) is 7.18. The molecule has 3 rings (SSSR count). The number of aliphatic carboxylic acids is 1. The summed E-state index contributed by atoms with van der Waals surface area (Å²) in [5, 5.41) is 12.7. The van der Waals surface area contributed by atoms with Crippen LogP contribution in [0.2, 0.25) is 0 Å². The predicted molar refractivity (Wildman–Crippen MR) is 82.8 cm³/mol. The number of carbonyl (C=O) groups is 2. The number of hydrogen-bond acceptors (Lipinski definition) is 3. The van der Waals surface area contributed by atoms with Gasteiger partial charge in [-0.1, -0.05) is 18.9 Å². The molecular weight excluding hydrogens is 305 g/mol. The number of nitrogens with one attached hydrogen (secondary N) is 1. The largest absolute Gasteiger partial charge is 0.480 e. The number of halogens is 1. The van der Waals surface area contributed by atoms with E-state index in [4.69, 9.17) is 0 Å². The van der Waals surface area contributed by atoms with Crippen LogP contribution in [0.15, 0.2) is 18.2 Å². The van der Waals surface area contributed by atoms with Crippen molar-refractivity contribution in [2.75, 3.05) is 0 Å². The van der Waals surface area contributed by atoms with Gasteiger partial charge in [-0.3, -0.25) is 4.79 Å². The number of carbonyl (C=O) groups excluding carboxylic acids is 1. The van der Waals surface area contributed by atoms with E-state index in [0.29, 0.717) is 21.9 Å². The fourth-order valence-corrected chi connectivity index (χ4v) is 3.69. The Labute approximate surface area is 130 Å². The number of hydrogen-bond donors (Lipinski definition) is 2. The molecule has 116 valence electrons. The van der Waals surface area contributed by atoms with E-state index in [0.717, 1.165) is 23.8 Å². The van der Waals surface area contributed by atoms with Crippen LogP contribution in [-0.2, 0) is 4.79 Å². The summed E-state index contributed by atoms with van der Waals surface area (Å²) in [5.74, 6) is -1.35. The Bertz CT molecular complexity index is 751. The molecule has 1 amide bonds. The van der Waals surface area contributed by atoms with Gasteiger partial charge in [0.15, 0.2) is 0 Å². The van der Waals surface area contributed by atoms with Crippen LogP contribution in [0.25, 0.3) is 10.1 Å². The molecule has 22 heavy (non-hydrogen) atoms. The van der Waals surface area contributed by atoms with Gasteiger partial charge in [0.2, 0.25) is 0 Å². The molecule has 6 heteroatoms. The smallest absolute Gasteiger partial charge is 0.326 e. The Kier molecular flexibility index (Phi) is 3.87. The lowest BCUT2D eigenvalue weighted by atomic mass is 10.1. The maximum absolute atomic E-state index is 13.3. The molecule has 1 aromatic carbocycles. The van der Waals surface area contributed by atoms with Crippen LogP contribution in [0.4, 0.5) is 4.39 Å². The minimum Gasteiger partial charge on any atom is -0.480 e. The lowest BCUT2D eigenvalue weighted by Gasteiger charge is -2.13. The summed E-state index contributed by atoms with van der Waals surface area (Å²) in [4.78, 5) is 24.1. The molecule has 1 saturated carbocycles. The third-order valence-electron chi connectivity index (χ3n) is 3.98. The van der Waals surface area contributed by atoms with E-state index in [1.165, 1.54) is 23.5 Å². The molecule has 0 aliphatic heterocycles. The second-order valence-electron chi connectivity index (χ2n) is 5.74. The van der Waals surface area contributed by atoms with E-state index in [2.05, 4.69) is 5.32 Å². The Morgan fingerprint density at radius 1 is 1.45 bits per heavy atom. The maximum atomic E-state index is 13.3. The first-order chi connectivity index (χ1) is 10.5. The van der Waals surface area contributed by atoms with Crippen molar-refractivity contribution in [1.29, 1.82) is 0 Å². The van der Waals surface area contributed by atoms with Crippen LogP contribution in [-0.4, -0.2) is 23.0 Å². The molecule has 1 fully saturated rings. The fourth-order valence-electron chi connectivity index (χ4n) is 2.55. The van der Waals surface area contributed by atoms with Crippen molar-refractivity contribution in [3.8, 4) is 0 Å². The number of aryl methyl sites for hydroxylation is 1. The summed E-state index contributed by atoms with van der Waals surface area (Å²) in [6.07, 6.45) is 2.53. The highest BCUT2D eigenvalue weighted by atomic mass is 32.1. The van der Waals surface area contributed by atoms with Gasteiger partial charge < -0.3 is 10.4 Å². The summed E-state index contributed by atoms with van der Waals surface area (Å²) >= 11 is 1.19. The predicted octanol–water partition coefficient (Wildman–Crippen LogP) is 3.33. The molecule has 1 aromatic heterocycles. The molecule has 1 aliphatic rings. The molecule has 4 nitrogen and oxygen atoms in total. The summed E-state index contributed by atoms with van der Waals surface area (Å²) in [5.41, 5.74) is 0.757. The van der Waals surface area contributed by atoms with E-state index >= 15 is 0 Å². The highest BCUT2D eigenvalue weighted by Crippen LogP contribution is 2.34. The molecule has 0 saturated heterocycles. The van der Waals surface area contributed by atoms with Crippen LogP contribution >= 0.6 is 11.3 Å². The first-order valence-corrected chi connectivity index (χ1v) is 7.99. The maximum Gasteiger partial charge on any atom is 0.326 e. The third-order valence-corrected chi connectivity index (χ3v) is 5.23. The molecule has 0 bridgehead atoms. The fraction of sp³-hybridized carbons (Fsp3) is 0.375. The van der Waals surface area contributed by atoms with Gasteiger partial charge in [0.1, 0.15) is 11.9 Å². The molecule has 1 heterocycles.